The largest absolute Gasteiger partial charge is 0.450 e. The van der Waals surface area contributed by atoms with Crippen molar-refractivity contribution in [1.82, 2.24) is 19.9 Å². The number of fused-ring (bicyclic) bond motifs is 1. The lowest BCUT2D eigenvalue weighted by Gasteiger charge is -2.19. The topological polar surface area (TPSA) is 92.3 Å². The van der Waals surface area contributed by atoms with Gasteiger partial charge in [0.25, 0.3) is 0 Å². The Morgan fingerprint density at radius 3 is 2.24 bits per heavy atom. The molecule has 0 atom stereocenters. The average molecular weight is 499 g/mol. The molecule has 0 saturated heterocycles. The summed E-state index contributed by atoms with van der Waals surface area (Å²) in [5.74, 6) is 0.355. The monoisotopic (exact) mass is 498 g/mol. The van der Waals surface area contributed by atoms with Crippen molar-refractivity contribution in [3.05, 3.63) is 66.2 Å². The van der Waals surface area contributed by atoms with Gasteiger partial charge in [-0.15, -0.1) is 0 Å². The normalized spacial score (nSPS) is 11.1. The van der Waals surface area contributed by atoms with Gasteiger partial charge in [0.05, 0.1) is 23.7 Å². The van der Waals surface area contributed by atoms with E-state index >= 15 is 0 Å². The van der Waals surface area contributed by atoms with Gasteiger partial charge in [-0.05, 0) is 26.9 Å². The highest BCUT2D eigenvalue weighted by Crippen LogP contribution is 2.33. The Bertz CT molecular complexity index is 1340. The maximum absolute atomic E-state index is 12.2. The van der Waals surface area contributed by atoms with Gasteiger partial charge >= 0.3 is 6.09 Å². The van der Waals surface area contributed by atoms with Gasteiger partial charge in [-0.1, -0.05) is 74.0 Å². The van der Waals surface area contributed by atoms with Gasteiger partial charge < -0.3 is 15.0 Å². The molecule has 0 spiro atoms. The summed E-state index contributed by atoms with van der Waals surface area (Å²) < 4.78 is 5.07. The summed E-state index contributed by atoms with van der Waals surface area (Å²) in [4.78, 5) is 29.2. The van der Waals surface area contributed by atoms with Gasteiger partial charge in [-0.2, -0.15) is 0 Å². The lowest BCUT2D eigenvalue weighted by Crippen LogP contribution is -2.28. The third-order valence-corrected chi connectivity index (χ3v) is 6.16. The highest BCUT2D eigenvalue weighted by molar-refractivity contribution is 5.94. The van der Waals surface area contributed by atoms with E-state index in [2.05, 4.69) is 53.4 Å². The number of aromatic nitrogens is 3. The fourth-order valence-corrected chi connectivity index (χ4v) is 4.11. The summed E-state index contributed by atoms with van der Waals surface area (Å²) in [6, 6.07) is 20.0. The summed E-state index contributed by atoms with van der Waals surface area (Å²) >= 11 is 0. The van der Waals surface area contributed by atoms with E-state index in [4.69, 9.17) is 14.7 Å². The fourth-order valence-electron chi connectivity index (χ4n) is 4.11. The Kier molecular flexibility index (Phi) is 8.64. The van der Waals surface area contributed by atoms with Crippen LogP contribution in [-0.2, 0) is 4.74 Å². The van der Waals surface area contributed by atoms with Gasteiger partial charge in [0, 0.05) is 30.3 Å². The number of amides is 1. The number of nitrogens with one attached hydrogen (secondary N) is 2. The van der Waals surface area contributed by atoms with Gasteiger partial charge in [0.15, 0.2) is 5.65 Å². The van der Waals surface area contributed by atoms with Gasteiger partial charge in [0.1, 0.15) is 11.3 Å². The lowest BCUT2D eigenvalue weighted by atomic mass is 10.0. The van der Waals surface area contributed by atoms with E-state index in [1.807, 2.05) is 42.5 Å². The number of anilines is 2. The van der Waals surface area contributed by atoms with Crippen LogP contribution in [0.5, 0.6) is 0 Å². The van der Waals surface area contributed by atoms with Gasteiger partial charge in [-0.3, -0.25) is 5.32 Å². The molecule has 37 heavy (non-hydrogen) atoms. The molecule has 8 nitrogen and oxygen atoms in total. The second kappa shape index (κ2) is 12.3. The highest BCUT2D eigenvalue weighted by Gasteiger charge is 2.18. The zero-order valence-electron chi connectivity index (χ0n) is 21.9. The molecule has 0 aliphatic rings. The predicted molar refractivity (Wildman–Crippen MR) is 150 cm³/mol. The first-order valence-corrected chi connectivity index (χ1v) is 12.8. The fraction of sp³-hybridized carbons (Fsp3) is 0.310. The average Bonchev–Trinajstić information content (AvgIpc) is 2.91. The number of ether oxygens (including phenoxy) is 1. The van der Waals surface area contributed by atoms with Gasteiger partial charge in [0.2, 0.25) is 0 Å². The molecule has 2 aromatic heterocycles. The number of hydrogen-bond donors (Lipinski definition) is 2. The molecule has 2 N–H and O–H groups in total. The van der Waals surface area contributed by atoms with Crippen LogP contribution in [0, 0.1) is 6.92 Å². The Morgan fingerprint density at radius 2 is 1.57 bits per heavy atom. The molecular formula is C29H34N6O2. The summed E-state index contributed by atoms with van der Waals surface area (Å²) in [5.41, 5.74) is 6.42. The van der Waals surface area contributed by atoms with Crippen LogP contribution in [0.4, 0.5) is 16.3 Å². The van der Waals surface area contributed by atoms with Crippen LogP contribution < -0.4 is 10.6 Å². The minimum atomic E-state index is -0.559. The molecule has 1 amide bonds. The Hall–Kier alpha value is -4.04. The zero-order chi connectivity index (χ0) is 26.2. The predicted octanol–water partition coefficient (Wildman–Crippen LogP) is 5.99. The van der Waals surface area contributed by atoms with Crippen LogP contribution in [0.25, 0.3) is 33.7 Å². The maximum Gasteiger partial charge on any atom is 0.412 e. The van der Waals surface area contributed by atoms with E-state index in [1.54, 1.807) is 13.0 Å². The molecule has 0 bridgehead atoms. The minimum Gasteiger partial charge on any atom is -0.450 e. The second-order valence-electron chi connectivity index (χ2n) is 8.68. The highest BCUT2D eigenvalue weighted by atomic mass is 16.5. The maximum atomic E-state index is 12.2. The lowest BCUT2D eigenvalue weighted by molar-refractivity contribution is 0.168. The number of rotatable bonds is 10. The number of benzene rings is 2. The Morgan fingerprint density at radius 1 is 0.892 bits per heavy atom. The molecule has 192 valence electrons. The Labute approximate surface area is 218 Å². The van der Waals surface area contributed by atoms with Crippen molar-refractivity contribution < 1.29 is 9.53 Å². The van der Waals surface area contributed by atoms with Crippen LogP contribution >= 0.6 is 0 Å². The summed E-state index contributed by atoms with van der Waals surface area (Å²) in [6.45, 7) is 11.9. The molecule has 0 unspecified atom stereocenters. The number of aryl methyl sites for hydroxylation is 1. The van der Waals surface area contributed by atoms with E-state index in [0.717, 1.165) is 53.4 Å². The van der Waals surface area contributed by atoms with Crippen molar-refractivity contribution in [1.29, 1.82) is 0 Å². The van der Waals surface area contributed by atoms with Crippen LogP contribution in [0.1, 0.15) is 26.3 Å². The molecular weight excluding hydrogens is 464 g/mol. The number of pyridine rings is 1. The quantitative estimate of drug-likeness (QED) is 0.277. The first-order chi connectivity index (χ1) is 18.0. The van der Waals surface area contributed by atoms with Crippen LogP contribution in [0.15, 0.2) is 60.7 Å². The molecule has 2 heterocycles. The molecule has 0 aliphatic carbocycles. The number of nitrogens with zero attached hydrogens (tertiary/aromatic N) is 4. The van der Waals surface area contributed by atoms with Crippen LogP contribution in [-0.4, -0.2) is 58.7 Å². The molecule has 8 heteroatoms. The van der Waals surface area contributed by atoms with E-state index in [1.165, 1.54) is 0 Å². The van der Waals surface area contributed by atoms with Crippen LogP contribution in [0.3, 0.4) is 0 Å². The number of carbonyl (C=O) groups is 1. The van der Waals surface area contributed by atoms with Crippen molar-refractivity contribution in [2.45, 2.75) is 27.7 Å². The van der Waals surface area contributed by atoms with E-state index < -0.39 is 6.09 Å². The standard InChI is InChI=1S/C29H34N6O2/c1-5-35(6-2)18-17-30-23-19-24(32-29(36)37-7-3)31-28-27(23)33-25(21-11-9-8-10-12-21)26(34-28)22-15-13-20(4)14-16-22/h8-16,19H,5-7,17-18H2,1-4H3,(H2,30,31,32,34,36). The minimum absolute atomic E-state index is 0.270. The molecule has 0 radical (unpaired) electrons. The molecule has 0 aliphatic heterocycles. The zero-order valence-corrected chi connectivity index (χ0v) is 21.9. The summed E-state index contributed by atoms with van der Waals surface area (Å²) in [5, 5.41) is 6.22. The third kappa shape index (κ3) is 6.40. The van der Waals surface area contributed by atoms with Crippen molar-refractivity contribution in [2.75, 3.05) is 43.4 Å². The van der Waals surface area contributed by atoms with E-state index in [-0.39, 0.29) is 6.61 Å². The van der Waals surface area contributed by atoms with Crippen molar-refractivity contribution >= 4 is 28.8 Å². The molecule has 0 saturated carbocycles. The van der Waals surface area contributed by atoms with Crippen molar-refractivity contribution in [3.8, 4) is 22.5 Å². The summed E-state index contributed by atoms with van der Waals surface area (Å²) in [7, 11) is 0. The Balaban J connectivity index is 1.86. The van der Waals surface area contributed by atoms with Crippen molar-refractivity contribution in [2.24, 2.45) is 0 Å². The smallest absolute Gasteiger partial charge is 0.412 e. The van der Waals surface area contributed by atoms with Gasteiger partial charge in [-0.25, -0.2) is 19.7 Å². The first-order valence-electron chi connectivity index (χ1n) is 12.8. The SMILES string of the molecule is CCOC(=O)Nc1cc(NCCN(CC)CC)c2nc(-c3ccccc3)c(-c3ccc(C)cc3)nc2n1. The number of likely N-dealkylation sites (N-methyl/N-ethyl adjacent to an activating group) is 1. The number of hydrogen-bond acceptors (Lipinski definition) is 7. The molecule has 4 rings (SSSR count). The van der Waals surface area contributed by atoms with Crippen molar-refractivity contribution in [3.63, 3.8) is 0 Å². The van der Waals surface area contributed by atoms with E-state index in [9.17, 15) is 4.79 Å². The van der Waals surface area contributed by atoms with E-state index in [0.29, 0.717) is 23.5 Å². The molecule has 4 aromatic rings. The molecule has 0 fully saturated rings. The first kappa shape index (κ1) is 26.0. The third-order valence-electron chi connectivity index (χ3n) is 6.16. The molecule has 2 aromatic carbocycles. The van der Waals surface area contributed by atoms with Crippen LogP contribution in [0.2, 0.25) is 0 Å². The summed E-state index contributed by atoms with van der Waals surface area (Å²) in [6.07, 6.45) is -0.559. The number of carbonyl (C=O) groups excluding carboxylic acids is 1. The second-order valence-corrected chi connectivity index (χ2v) is 8.68.